The molecule has 0 saturated carbocycles. The molecule has 0 bridgehead atoms. The molecule has 0 unspecified atom stereocenters. The number of aliphatic hydroxyl groups excluding tert-OH is 2. The number of carboxylic acids is 1. The van der Waals surface area contributed by atoms with Gasteiger partial charge in [0.2, 0.25) is 0 Å². The van der Waals surface area contributed by atoms with Crippen LogP contribution in [0, 0.1) is 0 Å². The SMILES string of the molecule is CCCCCC/C=C/OCC[N+](CCO)(CCO)CCC(=O)[O-]. The smallest absolute Gasteiger partial charge is 0.136 e. The fraction of sp³-hybridized carbons (Fsp3) is 0.824. The number of carboxylic acid groups (broad SMARTS) is 1. The molecule has 0 fully saturated rings. The van der Waals surface area contributed by atoms with E-state index in [1.54, 1.807) is 6.26 Å². The fourth-order valence-corrected chi connectivity index (χ4v) is 2.56. The minimum atomic E-state index is -1.11. The summed E-state index contributed by atoms with van der Waals surface area (Å²) in [6.07, 6.45) is 9.48. The summed E-state index contributed by atoms with van der Waals surface area (Å²) in [6, 6.07) is 0. The first-order valence-electron chi connectivity index (χ1n) is 8.63. The standard InChI is InChI=1S/C17H33NO5/c1-2-3-4-5-6-7-15-23-16-12-18(10-13-19,11-14-20)9-8-17(21)22/h7,15,19-20H,2-6,8-14,16H2,1H3/b15-7+. The van der Waals surface area contributed by atoms with E-state index in [1.165, 1.54) is 19.3 Å². The Morgan fingerprint density at radius 3 is 2.35 bits per heavy atom. The first kappa shape index (κ1) is 21.9. The number of hydrogen-bond donors (Lipinski definition) is 2. The largest absolute Gasteiger partial charge is 0.550 e. The van der Waals surface area contributed by atoms with Gasteiger partial charge in [0, 0.05) is 12.4 Å². The maximum Gasteiger partial charge on any atom is 0.136 e. The van der Waals surface area contributed by atoms with Crippen LogP contribution in [0.3, 0.4) is 0 Å². The van der Waals surface area contributed by atoms with Crippen molar-refractivity contribution in [1.82, 2.24) is 0 Å². The van der Waals surface area contributed by atoms with E-state index in [4.69, 9.17) is 4.74 Å². The predicted octanol–water partition coefficient (Wildman–Crippen LogP) is 0.429. The van der Waals surface area contributed by atoms with Crippen LogP contribution in [0.4, 0.5) is 0 Å². The molecule has 6 nitrogen and oxygen atoms in total. The van der Waals surface area contributed by atoms with E-state index in [-0.39, 0.29) is 19.6 Å². The van der Waals surface area contributed by atoms with Crippen LogP contribution in [0.2, 0.25) is 0 Å². The van der Waals surface area contributed by atoms with Crippen LogP contribution in [0.5, 0.6) is 0 Å². The molecular formula is C17H33NO5. The Morgan fingerprint density at radius 2 is 1.78 bits per heavy atom. The molecule has 6 heteroatoms. The summed E-state index contributed by atoms with van der Waals surface area (Å²) in [5.74, 6) is -1.11. The number of hydrogen-bond acceptors (Lipinski definition) is 5. The summed E-state index contributed by atoms with van der Waals surface area (Å²) in [5, 5.41) is 29.1. The molecule has 0 aromatic rings. The molecule has 0 aliphatic carbocycles. The van der Waals surface area contributed by atoms with Gasteiger partial charge in [0.15, 0.2) is 0 Å². The van der Waals surface area contributed by atoms with Crippen molar-refractivity contribution in [2.24, 2.45) is 0 Å². The van der Waals surface area contributed by atoms with Gasteiger partial charge in [-0.1, -0.05) is 26.2 Å². The van der Waals surface area contributed by atoms with Crippen molar-refractivity contribution in [3.05, 3.63) is 12.3 Å². The molecule has 0 saturated heterocycles. The van der Waals surface area contributed by atoms with E-state index in [2.05, 4.69) is 6.92 Å². The number of aliphatic hydroxyl groups is 2. The molecule has 0 radical (unpaired) electrons. The summed E-state index contributed by atoms with van der Waals surface area (Å²) in [6.45, 7) is 4.18. The third-order valence-electron chi connectivity index (χ3n) is 4.04. The topological polar surface area (TPSA) is 89.8 Å². The van der Waals surface area contributed by atoms with Gasteiger partial charge in [-0.15, -0.1) is 0 Å². The molecule has 0 atom stereocenters. The molecule has 0 aliphatic rings. The Hall–Kier alpha value is -1.11. The van der Waals surface area contributed by atoms with Crippen molar-refractivity contribution in [3.63, 3.8) is 0 Å². The highest BCUT2D eigenvalue weighted by molar-refractivity contribution is 5.64. The quantitative estimate of drug-likeness (QED) is 0.243. The Balaban J connectivity index is 4.16. The van der Waals surface area contributed by atoms with E-state index in [1.807, 2.05) is 6.08 Å². The van der Waals surface area contributed by atoms with Crippen molar-refractivity contribution in [1.29, 1.82) is 0 Å². The lowest BCUT2D eigenvalue weighted by molar-refractivity contribution is -0.928. The fourth-order valence-electron chi connectivity index (χ4n) is 2.56. The van der Waals surface area contributed by atoms with Gasteiger partial charge in [-0.3, -0.25) is 0 Å². The second-order valence-corrected chi connectivity index (χ2v) is 5.90. The number of unbranched alkanes of at least 4 members (excludes halogenated alkanes) is 4. The van der Waals surface area contributed by atoms with Gasteiger partial charge < -0.3 is 29.3 Å². The summed E-state index contributed by atoms with van der Waals surface area (Å²) < 4.78 is 5.80. The predicted molar refractivity (Wildman–Crippen MR) is 87.4 cm³/mol. The first-order chi connectivity index (χ1) is 11.1. The molecule has 0 heterocycles. The maximum atomic E-state index is 10.7. The molecular weight excluding hydrogens is 298 g/mol. The van der Waals surface area contributed by atoms with Crippen molar-refractivity contribution in [2.45, 2.75) is 45.4 Å². The van der Waals surface area contributed by atoms with E-state index in [0.29, 0.717) is 37.3 Å². The summed E-state index contributed by atoms with van der Waals surface area (Å²) >= 11 is 0. The van der Waals surface area contributed by atoms with Crippen LogP contribution in [-0.2, 0) is 9.53 Å². The number of nitrogens with zero attached hydrogens (tertiary/aromatic N) is 1. The number of aliphatic carboxylic acids is 1. The Bertz CT molecular complexity index is 314. The van der Waals surface area contributed by atoms with E-state index >= 15 is 0 Å². The third kappa shape index (κ3) is 12.0. The normalized spacial score (nSPS) is 12.0. The molecule has 0 aromatic carbocycles. The molecule has 0 aromatic heterocycles. The minimum absolute atomic E-state index is 0.0552. The Kier molecular flexibility index (Phi) is 13.8. The average molecular weight is 331 g/mol. The number of carbonyl (C=O) groups excluding carboxylic acids is 1. The minimum Gasteiger partial charge on any atom is -0.550 e. The van der Waals surface area contributed by atoms with Crippen LogP contribution in [0.15, 0.2) is 12.3 Å². The van der Waals surface area contributed by atoms with Crippen molar-refractivity contribution < 1.29 is 29.3 Å². The second-order valence-electron chi connectivity index (χ2n) is 5.90. The van der Waals surface area contributed by atoms with E-state index in [0.717, 1.165) is 12.8 Å². The maximum absolute atomic E-state index is 10.7. The Labute approximate surface area is 140 Å². The zero-order valence-electron chi connectivity index (χ0n) is 14.4. The summed E-state index contributed by atoms with van der Waals surface area (Å²) in [4.78, 5) is 10.7. The highest BCUT2D eigenvalue weighted by atomic mass is 16.5. The number of ether oxygens (including phenoxy) is 1. The van der Waals surface area contributed by atoms with Gasteiger partial charge in [0.1, 0.15) is 26.2 Å². The number of quaternary nitrogens is 1. The van der Waals surface area contributed by atoms with Gasteiger partial charge in [0.25, 0.3) is 0 Å². The number of rotatable bonds is 16. The van der Waals surface area contributed by atoms with E-state index < -0.39 is 5.97 Å². The molecule has 23 heavy (non-hydrogen) atoms. The number of carbonyl (C=O) groups is 1. The lowest BCUT2D eigenvalue weighted by Gasteiger charge is -2.37. The van der Waals surface area contributed by atoms with Crippen LogP contribution in [0.25, 0.3) is 0 Å². The van der Waals surface area contributed by atoms with Crippen molar-refractivity contribution in [2.75, 3.05) is 46.0 Å². The van der Waals surface area contributed by atoms with E-state index in [9.17, 15) is 20.1 Å². The van der Waals surface area contributed by atoms with Gasteiger partial charge in [-0.2, -0.15) is 0 Å². The van der Waals surface area contributed by atoms with Gasteiger partial charge in [-0.25, -0.2) is 0 Å². The highest BCUT2D eigenvalue weighted by Crippen LogP contribution is 2.08. The van der Waals surface area contributed by atoms with Crippen LogP contribution >= 0.6 is 0 Å². The lowest BCUT2D eigenvalue weighted by atomic mass is 10.1. The van der Waals surface area contributed by atoms with Gasteiger partial charge in [-0.05, 0) is 18.9 Å². The summed E-state index contributed by atoms with van der Waals surface area (Å²) in [5.41, 5.74) is 0. The van der Waals surface area contributed by atoms with Gasteiger partial charge >= 0.3 is 0 Å². The molecule has 0 rings (SSSR count). The molecule has 0 aliphatic heterocycles. The zero-order chi connectivity index (χ0) is 17.4. The van der Waals surface area contributed by atoms with Crippen LogP contribution in [0.1, 0.15) is 45.4 Å². The monoisotopic (exact) mass is 331 g/mol. The highest BCUT2D eigenvalue weighted by Gasteiger charge is 2.26. The summed E-state index contributed by atoms with van der Waals surface area (Å²) in [7, 11) is 0. The second kappa shape index (κ2) is 14.5. The van der Waals surface area contributed by atoms with Crippen molar-refractivity contribution in [3.8, 4) is 0 Å². The molecule has 0 amide bonds. The third-order valence-corrected chi connectivity index (χ3v) is 4.04. The van der Waals surface area contributed by atoms with Gasteiger partial charge in [0.05, 0.1) is 26.0 Å². The number of allylic oxidation sites excluding steroid dienone is 1. The Morgan fingerprint density at radius 1 is 1.09 bits per heavy atom. The van der Waals surface area contributed by atoms with Crippen LogP contribution < -0.4 is 5.11 Å². The molecule has 2 N–H and O–H groups in total. The molecule has 0 spiro atoms. The van der Waals surface area contributed by atoms with Crippen LogP contribution in [-0.4, -0.2) is 66.7 Å². The average Bonchev–Trinajstić information content (AvgIpc) is 2.52. The zero-order valence-corrected chi connectivity index (χ0v) is 14.4. The first-order valence-corrected chi connectivity index (χ1v) is 8.63. The molecule has 136 valence electrons. The van der Waals surface area contributed by atoms with Crippen molar-refractivity contribution >= 4 is 5.97 Å². The lowest BCUT2D eigenvalue weighted by Crippen LogP contribution is -2.55.